The molecule has 1 amide bonds. The molecule has 0 aromatic heterocycles. The highest BCUT2D eigenvalue weighted by Gasteiger charge is 2.46. The predicted molar refractivity (Wildman–Crippen MR) is 121 cm³/mol. The van der Waals surface area contributed by atoms with E-state index in [-0.39, 0.29) is 30.0 Å². The summed E-state index contributed by atoms with van der Waals surface area (Å²) in [6.07, 6.45) is 7.36. The Bertz CT molecular complexity index is 607. The second-order valence-corrected chi connectivity index (χ2v) is 11.2. The number of hydrogen-bond acceptors (Lipinski definition) is 5. The minimum absolute atomic E-state index is 0.00660. The quantitative estimate of drug-likeness (QED) is 0.612. The van der Waals surface area contributed by atoms with Crippen LogP contribution in [0.1, 0.15) is 64.7 Å². The maximum Gasteiger partial charge on any atom is 0.237 e. The fourth-order valence-corrected chi connectivity index (χ4v) is 6.78. The lowest BCUT2D eigenvalue weighted by Crippen LogP contribution is -2.55. The van der Waals surface area contributed by atoms with Crippen LogP contribution in [0.25, 0.3) is 0 Å². The molecular weight excluding hydrogens is 395 g/mol. The first kappa shape index (κ1) is 23.4. The molecule has 0 spiro atoms. The first-order valence-corrected chi connectivity index (χ1v) is 12.6. The van der Waals surface area contributed by atoms with E-state index in [9.17, 15) is 14.3 Å². The van der Waals surface area contributed by atoms with E-state index >= 15 is 0 Å². The molecule has 0 aromatic rings. The van der Waals surface area contributed by atoms with Gasteiger partial charge in [0.2, 0.25) is 5.91 Å². The number of halogens is 1. The Hall–Kier alpha value is -0.760. The van der Waals surface area contributed by atoms with Crippen molar-refractivity contribution in [2.24, 2.45) is 11.8 Å². The van der Waals surface area contributed by atoms with Crippen molar-refractivity contribution >= 4 is 5.91 Å². The van der Waals surface area contributed by atoms with Crippen LogP contribution in [0.5, 0.6) is 0 Å². The number of rotatable bonds is 5. The number of carbonyl (C=O) groups is 1. The first-order valence-electron chi connectivity index (χ1n) is 12.6. The molecule has 7 atom stereocenters. The van der Waals surface area contributed by atoms with Gasteiger partial charge in [0.1, 0.15) is 6.17 Å². The maximum atomic E-state index is 14.4. The molecule has 4 aliphatic rings. The molecule has 2 aliphatic carbocycles. The number of hydrogen-bond donors (Lipinski definition) is 3. The van der Waals surface area contributed by atoms with Gasteiger partial charge in [-0.25, -0.2) is 4.39 Å². The minimum atomic E-state index is -0.768. The van der Waals surface area contributed by atoms with Crippen LogP contribution >= 0.6 is 0 Å². The van der Waals surface area contributed by atoms with Crippen LogP contribution in [0.2, 0.25) is 0 Å². The van der Waals surface area contributed by atoms with Gasteiger partial charge in [0.25, 0.3) is 0 Å². The number of likely N-dealkylation sites (N-methyl/N-ethyl adjacent to an activating group) is 1. The Morgan fingerprint density at radius 1 is 1.19 bits per heavy atom. The zero-order chi connectivity index (χ0) is 22.2. The smallest absolute Gasteiger partial charge is 0.237 e. The van der Waals surface area contributed by atoms with Crippen molar-refractivity contribution in [2.45, 2.75) is 101 Å². The molecule has 2 aliphatic heterocycles. The zero-order valence-electron chi connectivity index (χ0n) is 19.7. The van der Waals surface area contributed by atoms with Crippen LogP contribution in [0, 0.1) is 11.8 Å². The number of alkyl halides is 1. The average molecular weight is 439 g/mol. The SMILES string of the molecule is CC1CCC(F)C2CC(C(=O)NC3CCCC(N4CCC(O)(CN(C)C)CC4)C3)NC12. The van der Waals surface area contributed by atoms with Gasteiger partial charge in [-0.1, -0.05) is 6.92 Å². The number of aliphatic hydroxyl groups is 1. The number of amides is 1. The molecule has 6 nitrogen and oxygen atoms in total. The number of likely N-dealkylation sites (tertiary alicyclic amines) is 1. The largest absolute Gasteiger partial charge is 0.388 e. The van der Waals surface area contributed by atoms with Crippen LogP contribution < -0.4 is 10.6 Å². The summed E-state index contributed by atoms with van der Waals surface area (Å²) in [5.74, 6) is 0.505. The molecule has 0 aromatic carbocycles. The maximum absolute atomic E-state index is 14.4. The molecule has 31 heavy (non-hydrogen) atoms. The Kier molecular flexibility index (Phi) is 7.26. The first-order chi connectivity index (χ1) is 14.7. The van der Waals surface area contributed by atoms with Crippen molar-refractivity contribution in [1.29, 1.82) is 0 Å². The number of carbonyl (C=O) groups excluding carboxylic acids is 1. The van der Waals surface area contributed by atoms with Gasteiger partial charge in [-0.15, -0.1) is 0 Å². The Balaban J connectivity index is 1.26. The zero-order valence-corrected chi connectivity index (χ0v) is 19.7. The van der Waals surface area contributed by atoms with E-state index in [1.54, 1.807) is 0 Å². The standard InChI is InChI=1S/C24H43FN4O2/c1-16-7-8-20(25)19-14-21(27-22(16)19)23(30)26-17-5-4-6-18(13-17)29-11-9-24(31,10-12-29)15-28(2)3/h16-22,27,31H,4-15H2,1-3H3,(H,26,30). The predicted octanol–water partition coefficient (Wildman–Crippen LogP) is 1.92. The highest BCUT2D eigenvalue weighted by Crippen LogP contribution is 2.38. The summed E-state index contributed by atoms with van der Waals surface area (Å²) in [5.41, 5.74) is -0.571. The van der Waals surface area contributed by atoms with Crippen molar-refractivity contribution in [3.05, 3.63) is 0 Å². The van der Waals surface area contributed by atoms with Crippen molar-refractivity contribution in [1.82, 2.24) is 20.4 Å². The monoisotopic (exact) mass is 438 g/mol. The molecule has 2 saturated carbocycles. The van der Waals surface area contributed by atoms with E-state index in [0.29, 0.717) is 24.8 Å². The highest BCUT2D eigenvalue weighted by atomic mass is 19.1. The van der Waals surface area contributed by atoms with Crippen molar-refractivity contribution < 1.29 is 14.3 Å². The summed E-state index contributed by atoms with van der Waals surface area (Å²) >= 11 is 0. The van der Waals surface area contributed by atoms with E-state index in [1.165, 1.54) is 6.42 Å². The van der Waals surface area contributed by atoms with Crippen LogP contribution in [0.15, 0.2) is 0 Å². The van der Waals surface area contributed by atoms with Crippen LogP contribution in [0.4, 0.5) is 4.39 Å². The van der Waals surface area contributed by atoms with E-state index in [2.05, 4.69) is 27.4 Å². The van der Waals surface area contributed by atoms with Crippen LogP contribution in [0.3, 0.4) is 0 Å². The average Bonchev–Trinajstić information content (AvgIpc) is 3.18. The molecule has 178 valence electrons. The lowest BCUT2D eigenvalue weighted by Gasteiger charge is -2.45. The lowest BCUT2D eigenvalue weighted by molar-refractivity contribution is -0.124. The molecule has 7 heteroatoms. The summed E-state index contributed by atoms with van der Waals surface area (Å²) in [7, 11) is 4.03. The van der Waals surface area contributed by atoms with Crippen LogP contribution in [-0.4, -0.2) is 90.5 Å². The topological polar surface area (TPSA) is 67.8 Å². The van der Waals surface area contributed by atoms with Gasteiger partial charge in [-0.3, -0.25) is 4.79 Å². The van der Waals surface area contributed by atoms with Gasteiger partial charge in [0.05, 0.1) is 11.6 Å². The van der Waals surface area contributed by atoms with Gasteiger partial charge in [0.15, 0.2) is 0 Å². The second kappa shape index (κ2) is 9.62. The van der Waals surface area contributed by atoms with E-state index in [4.69, 9.17) is 0 Å². The summed E-state index contributed by atoms with van der Waals surface area (Å²) in [5, 5.41) is 17.6. The molecule has 0 radical (unpaired) electrons. The molecule has 7 unspecified atom stereocenters. The fourth-order valence-electron chi connectivity index (χ4n) is 6.78. The lowest BCUT2D eigenvalue weighted by atomic mass is 9.77. The van der Waals surface area contributed by atoms with E-state index in [0.717, 1.165) is 58.2 Å². The van der Waals surface area contributed by atoms with Gasteiger partial charge in [0, 0.05) is 43.7 Å². The summed E-state index contributed by atoms with van der Waals surface area (Å²) in [4.78, 5) is 17.6. The third kappa shape index (κ3) is 5.43. The van der Waals surface area contributed by atoms with E-state index < -0.39 is 11.8 Å². The fraction of sp³-hybridized carbons (Fsp3) is 0.958. The molecule has 4 rings (SSSR count). The molecule has 2 heterocycles. The summed E-state index contributed by atoms with van der Waals surface area (Å²) < 4.78 is 14.4. The Labute approximate surface area is 187 Å². The molecule has 0 bridgehead atoms. The number of nitrogens with one attached hydrogen (secondary N) is 2. The highest BCUT2D eigenvalue weighted by molar-refractivity contribution is 5.82. The van der Waals surface area contributed by atoms with E-state index in [1.807, 2.05) is 14.1 Å². The van der Waals surface area contributed by atoms with Gasteiger partial charge < -0.3 is 25.5 Å². The van der Waals surface area contributed by atoms with Crippen molar-refractivity contribution in [2.75, 3.05) is 33.7 Å². The van der Waals surface area contributed by atoms with Gasteiger partial charge in [-0.05, 0) is 77.8 Å². The summed E-state index contributed by atoms with van der Waals surface area (Å²) in [6.45, 7) is 4.76. The van der Waals surface area contributed by atoms with Crippen LogP contribution in [-0.2, 0) is 4.79 Å². The molecule has 3 N–H and O–H groups in total. The minimum Gasteiger partial charge on any atom is -0.388 e. The Morgan fingerprint density at radius 3 is 2.61 bits per heavy atom. The Morgan fingerprint density at radius 2 is 1.94 bits per heavy atom. The number of nitrogens with zero attached hydrogens (tertiary/aromatic N) is 2. The van der Waals surface area contributed by atoms with Gasteiger partial charge in [-0.2, -0.15) is 0 Å². The van der Waals surface area contributed by atoms with Crippen molar-refractivity contribution in [3.8, 4) is 0 Å². The molecular formula is C24H43FN4O2. The number of piperidine rings is 1. The van der Waals surface area contributed by atoms with Gasteiger partial charge >= 0.3 is 0 Å². The van der Waals surface area contributed by atoms with Crippen molar-refractivity contribution in [3.63, 3.8) is 0 Å². The third-order valence-electron chi connectivity index (χ3n) is 8.50. The third-order valence-corrected chi connectivity index (χ3v) is 8.50. The second-order valence-electron chi connectivity index (χ2n) is 11.2. The number of fused-ring (bicyclic) bond motifs is 1. The molecule has 4 fully saturated rings. The molecule has 2 saturated heterocycles. The summed E-state index contributed by atoms with van der Waals surface area (Å²) in [6, 6.07) is 0.590. The normalized spacial score (nSPS) is 41.2.